The van der Waals surface area contributed by atoms with E-state index in [4.69, 9.17) is 0 Å². The summed E-state index contributed by atoms with van der Waals surface area (Å²) in [5.74, 6) is -2.56. The number of fused-ring (bicyclic) bond motifs is 1. The largest absolute Gasteiger partial charge is 0.481 e. The van der Waals surface area contributed by atoms with Gasteiger partial charge in [-0.2, -0.15) is 0 Å². The van der Waals surface area contributed by atoms with Crippen LogP contribution in [0.5, 0.6) is 0 Å². The lowest BCUT2D eigenvalue weighted by Crippen LogP contribution is -2.49. The number of carboxylic acid groups (broad SMARTS) is 1. The lowest BCUT2D eigenvalue weighted by atomic mass is 9.88. The SMILES string of the molecule is O=C(O)C1C(O)c2cnccc2N(Cc2ccccc2)C1O. The molecule has 3 rings (SSSR count). The number of aromatic nitrogens is 1. The van der Waals surface area contributed by atoms with Gasteiger partial charge in [0.2, 0.25) is 0 Å². The monoisotopic (exact) mass is 300 g/mol. The van der Waals surface area contributed by atoms with Crippen molar-refractivity contribution in [1.82, 2.24) is 4.98 Å². The fraction of sp³-hybridized carbons (Fsp3) is 0.250. The molecule has 0 bridgehead atoms. The van der Waals surface area contributed by atoms with Crippen molar-refractivity contribution in [3.05, 3.63) is 59.9 Å². The highest BCUT2D eigenvalue weighted by Crippen LogP contribution is 2.40. The third-order valence-corrected chi connectivity index (χ3v) is 3.92. The summed E-state index contributed by atoms with van der Waals surface area (Å²) in [5, 5.41) is 30.0. The summed E-state index contributed by atoms with van der Waals surface area (Å²) in [6.07, 6.45) is 0.391. The van der Waals surface area contributed by atoms with Crippen LogP contribution in [-0.4, -0.2) is 32.5 Å². The summed E-state index contributed by atoms with van der Waals surface area (Å²) in [5.41, 5.74) is 1.94. The molecule has 22 heavy (non-hydrogen) atoms. The zero-order chi connectivity index (χ0) is 15.7. The Labute approximate surface area is 127 Å². The number of anilines is 1. The highest BCUT2D eigenvalue weighted by molar-refractivity contribution is 5.75. The Morgan fingerprint density at radius 2 is 1.91 bits per heavy atom. The molecule has 1 aliphatic heterocycles. The number of hydrogen-bond donors (Lipinski definition) is 3. The Morgan fingerprint density at radius 3 is 2.59 bits per heavy atom. The van der Waals surface area contributed by atoms with Gasteiger partial charge in [0.1, 0.15) is 18.2 Å². The van der Waals surface area contributed by atoms with E-state index in [1.807, 2.05) is 30.3 Å². The van der Waals surface area contributed by atoms with E-state index in [0.717, 1.165) is 5.56 Å². The van der Waals surface area contributed by atoms with Crippen molar-refractivity contribution in [2.24, 2.45) is 5.92 Å². The van der Waals surface area contributed by atoms with E-state index in [9.17, 15) is 20.1 Å². The second-order valence-corrected chi connectivity index (χ2v) is 5.27. The molecule has 6 heteroatoms. The summed E-state index contributed by atoms with van der Waals surface area (Å²) >= 11 is 0. The van der Waals surface area contributed by atoms with Gasteiger partial charge < -0.3 is 20.2 Å². The normalized spacial score (nSPS) is 23.9. The molecule has 0 saturated heterocycles. The number of aliphatic hydroxyl groups is 2. The number of carboxylic acids is 1. The molecule has 3 N–H and O–H groups in total. The van der Waals surface area contributed by atoms with Crippen LogP contribution in [0.4, 0.5) is 5.69 Å². The maximum Gasteiger partial charge on any atom is 0.314 e. The summed E-state index contributed by atoms with van der Waals surface area (Å²) in [6, 6.07) is 11.1. The van der Waals surface area contributed by atoms with E-state index in [-0.39, 0.29) is 0 Å². The van der Waals surface area contributed by atoms with Gasteiger partial charge in [0, 0.05) is 30.2 Å². The summed E-state index contributed by atoms with van der Waals surface area (Å²) in [7, 11) is 0. The first-order valence-electron chi connectivity index (χ1n) is 6.93. The second-order valence-electron chi connectivity index (χ2n) is 5.27. The Bertz CT molecular complexity index is 677. The molecule has 0 amide bonds. The van der Waals surface area contributed by atoms with Gasteiger partial charge in [-0.15, -0.1) is 0 Å². The molecule has 6 nitrogen and oxygen atoms in total. The molecule has 114 valence electrons. The molecule has 0 saturated carbocycles. The third kappa shape index (κ3) is 2.43. The van der Waals surface area contributed by atoms with Crippen LogP contribution in [0.3, 0.4) is 0 Å². The lowest BCUT2D eigenvalue weighted by molar-refractivity contribution is -0.152. The van der Waals surface area contributed by atoms with Crippen molar-refractivity contribution in [3.8, 4) is 0 Å². The van der Waals surface area contributed by atoms with Crippen LogP contribution in [0.25, 0.3) is 0 Å². The molecule has 2 heterocycles. The van der Waals surface area contributed by atoms with E-state index in [0.29, 0.717) is 17.8 Å². The van der Waals surface area contributed by atoms with Crippen LogP contribution in [0, 0.1) is 5.92 Å². The molecule has 1 aromatic heterocycles. The van der Waals surface area contributed by atoms with Crippen LogP contribution < -0.4 is 4.90 Å². The standard InChI is InChI=1S/C16H16N2O4/c19-14-11-8-17-7-6-12(11)18(15(20)13(14)16(21)22)9-10-4-2-1-3-5-10/h1-8,13-15,19-20H,9H2,(H,21,22). The molecule has 0 radical (unpaired) electrons. The van der Waals surface area contributed by atoms with Crippen LogP contribution in [0.1, 0.15) is 17.2 Å². The molecule has 3 unspecified atom stereocenters. The smallest absolute Gasteiger partial charge is 0.314 e. The van der Waals surface area contributed by atoms with Crippen LogP contribution >= 0.6 is 0 Å². The van der Waals surface area contributed by atoms with E-state index in [1.165, 1.54) is 6.20 Å². The van der Waals surface area contributed by atoms with Gasteiger partial charge in [-0.05, 0) is 11.6 Å². The molecule has 3 atom stereocenters. The zero-order valence-electron chi connectivity index (χ0n) is 11.7. The maximum atomic E-state index is 11.4. The summed E-state index contributed by atoms with van der Waals surface area (Å²) < 4.78 is 0. The van der Waals surface area contributed by atoms with Crippen LogP contribution in [-0.2, 0) is 11.3 Å². The predicted octanol–water partition coefficient (Wildman–Crippen LogP) is 1.15. The van der Waals surface area contributed by atoms with Gasteiger partial charge in [-0.1, -0.05) is 30.3 Å². The number of nitrogens with zero attached hydrogens (tertiary/aromatic N) is 2. The molecule has 0 fully saturated rings. The predicted molar refractivity (Wildman–Crippen MR) is 79.0 cm³/mol. The van der Waals surface area contributed by atoms with Crippen molar-refractivity contribution in [1.29, 1.82) is 0 Å². The van der Waals surface area contributed by atoms with Gasteiger partial charge in [0.25, 0.3) is 0 Å². The number of aliphatic carboxylic acids is 1. The molecule has 0 aliphatic carbocycles. The van der Waals surface area contributed by atoms with Crippen molar-refractivity contribution >= 4 is 11.7 Å². The van der Waals surface area contributed by atoms with Crippen molar-refractivity contribution < 1.29 is 20.1 Å². The molecular weight excluding hydrogens is 284 g/mol. The first kappa shape index (κ1) is 14.5. The summed E-state index contributed by atoms with van der Waals surface area (Å²) in [6.45, 7) is 0.343. The van der Waals surface area contributed by atoms with Crippen molar-refractivity contribution in [2.45, 2.75) is 18.9 Å². The average Bonchev–Trinajstić information content (AvgIpc) is 2.52. The quantitative estimate of drug-likeness (QED) is 0.787. The van der Waals surface area contributed by atoms with Gasteiger partial charge in [0.05, 0.1) is 0 Å². The number of hydrogen-bond acceptors (Lipinski definition) is 5. The van der Waals surface area contributed by atoms with Gasteiger partial charge >= 0.3 is 5.97 Å². The van der Waals surface area contributed by atoms with E-state index in [2.05, 4.69) is 4.98 Å². The Morgan fingerprint density at radius 1 is 1.18 bits per heavy atom. The number of rotatable bonds is 3. The topological polar surface area (TPSA) is 93.9 Å². The fourth-order valence-corrected chi connectivity index (χ4v) is 2.80. The molecular formula is C16H16N2O4. The average molecular weight is 300 g/mol. The van der Waals surface area contributed by atoms with E-state index >= 15 is 0 Å². The Balaban J connectivity index is 2.03. The van der Waals surface area contributed by atoms with Crippen molar-refractivity contribution in [3.63, 3.8) is 0 Å². The van der Waals surface area contributed by atoms with Gasteiger partial charge in [-0.25, -0.2) is 0 Å². The van der Waals surface area contributed by atoms with E-state index < -0.39 is 24.2 Å². The third-order valence-electron chi connectivity index (χ3n) is 3.92. The first-order valence-corrected chi connectivity index (χ1v) is 6.93. The molecule has 1 aromatic carbocycles. The van der Waals surface area contributed by atoms with Crippen LogP contribution in [0.15, 0.2) is 48.8 Å². The highest BCUT2D eigenvalue weighted by atomic mass is 16.4. The number of benzene rings is 1. The minimum atomic E-state index is -1.32. The molecule has 2 aromatic rings. The molecule has 0 spiro atoms. The number of pyridine rings is 1. The number of aliphatic hydroxyl groups excluding tert-OH is 2. The van der Waals surface area contributed by atoms with Gasteiger partial charge in [0.15, 0.2) is 0 Å². The maximum absolute atomic E-state index is 11.4. The fourth-order valence-electron chi connectivity index (χ4n) is 2.80. The lowest BCUT2D eigenvalue weighted by Gasteiger charge is -2.41. The Kier molecular flexibility index (Phi) is 3.79. The van der Waals surface area contributed by atoms with E-state index in [1.54, 1.807) is 17.2 Å². The molecule has 1 aliphatic rings. The second kappa shape index (κ2) is 5.75. The summed E-state index contributed by atoms with van der Waals surface area (Å²) in [4.78, 5) is 16.9. The first-order chi connectivity index (χ1) is 10.6. The zero-order valence-corrected chi connectivity index (χ0v) is 11.7. The minimum Gasteiger partial charge on any atom is -0.481 e. The van der Waals surface area contributed by atoms with Gasteiger partial charge in [-0.3, -0.25) is 9.78 Å². The Hall–Kier alpha value is -2.44. The minimum absolute atomic E-state index is 0.343. The van der Waals surface area contributed by atoms with Crippen LogP contribution in [0.2, 0.25) is 0 Å². The highest BCUT2D eigenvalue weighted by Gasteiger charge is 2.44. The van der Waals surface area contributed by atoms with Crippen molar-refractivity contribution in [2.75, 3.05) is 4.90 Å². The number of carbonyl (C=O) groups is 1.